The molecule has 2 aliphatic rings. The molecule has 172 valence electrons. The predicted octanol–water partition coefficient (Wildman–Crippen LogP) is 2.67. The number of hydrogen-bond donors (Lipinski definition) is 2. The minimum atomic E-state index is -0.320. The summed E-state index contributed by atoms with van der Waals surface area (Å²) < 4.78 is 26.2. The van der Waals surface area contributed by atoms with Gasteiger partial charge in [0.05, 0.1) is 30.2 Å². The Balaban J connectivity index is 1.60. The molecule has 3 N–H and O–H groups in total. The predicted molar refractivity (Wildman–Crippen MR) is 122 cm³/mol. The molecule has 3 heterocycles. The van der Waals surface area contributed by atoms with Gasteiger partial charge in [0, 0.05) is 44.4 Å². The minimum Gasteiger partial charge on any atom is -0.421 e. The van der Waals surface area contributed by atoms with Crippen molar-refractivity contribution in [3.05, 3.63) is 47.4 Å². The van der Waals surface area contributed by atoms with Gasteiger partial charge in [-0.25, -0.2) is 14.4 Å². The molecule has 0 saturated carbocycles. The van der Waals surface area contributed by atoms with Crippen LogP contribution in [0.1, 0.15) is 24.0 Å². The maximum Gasteiger partial charge on any atom is 0.324 e. The van der Waals surface area contributed by atoms with Crippen molar-refractivity contribution in [1.29, 1.82) is 0 Å². The van der Waals surface area contributed by atoms with E-state index in [0.717, 1.165) is 28.1 Å². The van der Waals surface area contributed by atoms with Crippen molar-refractivity contribution in [2.75, 3.05) is 37.0 Å². The molecule has 1 aliphatic carbocycles. The quantitative estimate of drug-likeness (QED) is 0.457. The second kappa shape index (κ2) is 8.53. The first-order valence-corrected chi connectivity index (χ1v) is 11.0. The summed E-state index contributed by atoms with van der Waals surface area (Å²) in [5.41, 5.74) is 10.4. The lowest BCUT2D eigenvalue weighted by Gasteiger charge is -2.21. The van der Waals surface area contributed by atoms with Gasteiger partial charge < -0.3 is 25.4 Å². The molecule has 2 atom stereocenters. The highest BCUT2D eigenvalue weighted by molar-refractivity contribution is 5.88. The van der Waals surface area contributed by atoms with E-state index in [9.17, 15) is 4.39 Å². The molecule has 10 heteroatoms. The summed E-state index contributed by atoms with van der Waals surface area (Å²) in [5, 5.41) is 3.09. The number of nitrogens with one attached hydrogen (secondary N) is 1. The van der Waals surface area contributed by atoms with Crippen LogP contribution in [0, 0.1) is 12.7 Å². The summed E-state index contributed by atoms with van der Waals surface area (Å²) in [7, 11) is 1.78. The van der Waals surface area contributed by atoms with Gasteiger partial charge in [0.2, 0.25) is 0 Å². The summed E-state index contributed by atoms with van der Waals surface area (Å²) in [6.45, 7) is 5.47. The Kier molecular flexibility index (Phi) is 5.55. The fourth-order valence-corrected chi connectivity index (χ4v) is 4.49. The van der Waals surface area contributed by atoms with Crippen molar-refractivity contribution >= 4 is 11.5 Å². The van der Waals surface area contributed by atoms with Crippen molar-refractivity contribution in [1.82, 2.24) is 19.9 Å². The normalized spacial score (nSPS) is 18.9. The Labute approximate surface area is 191 Å². The molecule has 1 saturated heterocycles. The molecule has 0 bridgehead atoms. The number of aromatic nitrogens is 4. The van der Waals surface area contributed by atoms with Crippen LogP contribution < -0.4 is 20.7 Å². The number of hydrogen-bond acceptors (Lipinski definition) is 9. The van der Waals surface area contributed by atoms with Crippen molar-refractivity contribution in [2.45, 2.75) is 32.4 Å². The maximum absolute atomic E-state index is 14.5. The Bertz CT molecular complexity index is 1190. The van der Waals surface area contributed by atoms with E-state index in [1.807, 2.05) is 6.92 Å². The third-order valence-corrected chi connectivity index (χ3v) is 6.00. The van der Waals surface area contributed by atoms with Crippen molar-refractivity contribution < 1.29 is 13.9 Å². The zero-order valence-electron chi connectivity index (χ0n) is 18.8. The van der Waals surface area contributed by atoms with Crippen molar-refractivity contribution in [2.24, 2.45) is 5.73 Å². The summed E-state index contributed by atoms with van der Waals surface area (Å²) in [6, 6.07) is 3.06. The van der Waals surface area contributed by atoms with Crippen molar-refractivity contribution in [3.8, 4) is 22.9 Å². The summed E-state index contributed by atoms with van der Waals surface area (Å²) >= 11 is 0. The number of nitrogens with two attached hydrogens (primary N) is 1. The largest absolute Gasteiger partial charge is 0.421 e. The van der Waals surface area contributed by atoms with Gasteiger partial charge in [-0.05, 0) is 37.1 Å². The molecule has 2 aromatic heterocycles. The Hall–Kier alpha value is -3.37. The molecule has 33 heavy (non-hydrogen) atoms. The topological polar surface area (TPSA) is 111 Å². The monoisotopic (exact) mass is 451 g/mol. The van der Waals surface area contributed by atoms with E-state index in [4.69, 9.17) is 20.2 Å². The number of rotatable bonds is 6. The number of ether oxygens (including phenoxy) is 2. The van der Waals surface area contributed by atoms with Gasteiger partial charge in [0.25, 0.3) is 0 Å². The molecular formula is C23H26FN7O2. The zero-order chi connectivity index (χ0) is 23.1. The number of anilines is 2. The molecule has 0 radical (unpaired) electrons. The maximum atomic E-state index is 14.5. The van der Waals surface area contributed by atoms with Crippen LogP contribution in [0.25, 0.3) is 11.1 Å². The molecule has 9 nitrogen and oxygen atoms in total. The highest BCUT2D eigenvalue weighted by Crippen LogP contribution is 2.46. The van der Waals surface area contributed by atoms with Crippen LogP contribution in [0.2, 0.25) is 0 Å². The summed E-state index contributed by atoms with van der Waals surface area (Å²) in [5.74, 6) is 1.42. The van der Waals surface area contributed by atoms with Crippen LogP contribution in [-0.2, 0) is 11.2 Å². The van der Waals surface area contributed by atoms with E-state index in [0.29, 0.717) is 43.5 Å². The smallest absolute Gasteiger partial charge is 0.324 e. The van der Waals surface area contributed by atoms with E-state index in [-0.39, 0.29) is 24.0 Å². The van der Waals surface area contributed by atoms with Crippen LogP contribution in [0.5, 0.6) is 11.8 Å². The highest BCUT2D eigenvalue weighted by atomic mass is 19.1. The number of aryl methyl sites for hydroxylation is 1. The van der Waals surface area contributed by atoms with E-state index in [1.165, 1.54) is 6.07 Å². The molecular weight excluding hydrogens is 425 g/mol. The summed E-state index contributed by atoms with van der Waals surface area (Å²) in [6.07, 6.45) is 3.58. The molecule has 1 aliphatic heterocycles. The Morgan fingerprint density at radius 3 is 2.73 bits per heavy atom. The molecule has 1 fully saturated rings. The highest BCUT2D eigenvalue weighted by Gasteiger charge is 2.36. The van der Waals surface area contributed by atoms with Crippen LogP contribution in [0.15, 0.2) is 24.5 Å². The standard InChI is InChI=1S/C23H26FN7O2/c1-4-32-20-11-31(10-17(20)25)22-21-16-5-13(24)6-18(26-3)15(16)7-19(21)29-23(30-22)33-14-8-27-12(2)28-9-14/h5-6,8-9,17,20,26H,4,7,10-11,25H2,1-3H3/t17-,20?/m0/s1. The van der Waals surface area contributed by atoms with E-state index >= 15 is 0 Å². The van der Waals surface area contributed by atoms with Gasteiger partial charge in [-0.1, -0.05) is 0 Å². The van der Waals surface area contributed by atoms with E-state index < -0.39 is 0 Å². The van der Waals surface area contributed by atoms with Gasteiger partial charge in [-0.2, -0.15) is 9.97 Å². The zero-order valence-corrected chi connectivity index (χ0v) is 18.8. The third kappa shape index (κ3) is 3.96. The van der Waals surface area contributed by atoms with Crippen molar-refractivity contribution in [3.63, 3.8) is 0 Å². The third-order valence-electron chi connectivity index (χ3n) is 6.00. The fourth-order valence-electron chi connectivity index (χ4n) is 4.49. The average Bonchev–Trinajstić information content (AvgIpc) is 3.35. The lowest BCUT2D eigenvalue weighted by atomic mass is 10.0. The van der Waals surface area contributed by atoms with Crippen LogP contribution in [0.4, 0.5) is 15.9 Å². The van der Waals surface area contributed by atoms with Crippen LogP contribution in [0.3, 0.4) is 0 Å². The van der Waals surface area contributed by atoms with Crippen LogP contribution >= 0.6 is 0 Å². The Morgan fingerprint density at radius 1 is 1.21 bits per heavy atom. The molecule has 0 spiro atoms. The minimum absolute atomic E-state index is 0.114. The molecule has 1 aromatic carbocycles. The van der Waals surface area contributed by atoms with Gasteiger partial charge in [-0.3, -0.25) is 0 Å². The molecule has 5 rings (SSSR count). The first-order chi connectivity index (χ1) is 16.0. The van der Waals surface area contributed by atoms with Gasteiger partial charge in [0.15, 0.2) is 5.75 Å². The average molecular weight is 452 g/mol. The van der Waals surface area contributed by atoms with Gasteiger partial charge in [-0.15, -0.1) is 0 Å². The molecule has 1 unspecified atom stereocenters. The lowest BCUT2D eigenvalue weighted by Crippen LogP contribution is -2.35. The second-order valence-electron chi connectivity index (χ2n) is 8.19. The first-order valence-electron chi connectivity index (χ1n) is 11.0. The van der Waals surface area contributed by atoms with Crippen LogP contribution in [-0.4, -0.2) is 58.8 Å². The Morgan fingerprint density at radius 2 is 2.00 bits per heavy atom. The van der Waals surface area contributed by atoms with Gasteiger partial charge >= 0.3 is 6.01 Å². The number of halogens is 1. The summed E-state index contributed by atoms with van der Waals surface area (Å²) in [4.78, 5) is 19.8. The number of benzene rings is 1. The molecule has 3 aromatic rings. The SMILES string of the molecule is CCOC1CN(c2nc(Oc3cnc(C)nc3)nc3c2-c2cc(F)cc(NC)c2C3)C[C@@H]1N. The first kappa shape index (κ1) is 21.5. The second-order valence-corrected chi connectivity index (χ2v) is 8.19. The van der Waals surface area contributed by atoms with Gasteiger partial charge in [0.1, 0.15) is 17.5 Å². The fraction of sp³-hybridized carbons (Fsp3) is 0.391. The van der Waals surface area contributed by atoms with E-state index in [2.05, 4.69) is 25.2 Å². The van der Waals surface area contributed by atoms with E-state index in [1.54, 1.807) is 32.4 Å². The number of nitrogens with zero attached hydrogens (tertiary/aromatic N) is 5. The number of fused-ring (bicyclic) bond motifs is 3. The molecule has 0 amide bonds. The lowest BCUT2D eigenvalue weighted by molar-refractivity contribution is 0.0680.